The molecule has 1 aliphatic rings. The number of anilines is 1. The van der Waals surface area contributed by atoms with Crippen LogP contribution in [0.15, 0.2) is 48.5 Å². The van der Waals surface area contributed by atoms with Gasteiger partial charge in [0, 0.05) is 18.8 Å². The summed E-state index contributed by atoms with van der Waals surface area (Å²) in [6, 6.07) is 15.7. The van der Waals surface area contributed by atoms with Crippen molar-refractivity contribution in [2.75, 3.05) is 25.1 Å². The zero-order valence-electron chi connectivity index (χ0n) is 16.8. The van der Waals surface area contributed by atoms with Crippen LogP contribution in [0.25, 0.3) is 0 Å². The van der Waals surface area contributed by atoms with Crippen LogP contribution in [0.3, 0.4) is 0 Å². The van der Waals surface area contributed by atoms with Gasteiger partial charge >= 0.3 is 0 Å². The van der Waals surface area contributed by atoms with Crippen LogP contribution >= 0.6 is 0 Å². The Morgan fingerprint density at radius 2 is 1.82 bits per heavy atom. The highest BCUT2D eigenvalue weighted by atomic mass is 16.5. The summed E-state index contributed by atoms with van der Waals surface area (Å²) in [5.41, 5.74) is 2.08. The number of hydrogen-bond donors (Lipinski definition) is 1. The molecule has 0 radical (unpaired) electrons. The summed E-state index contributed by atoms with van der Waals surface area (Å²) < 4.78 is 5.15. The maximum absolute atomic E-state index is 13.2. The van der Waals surface area contributed by atoms with Crippen molar-refractivity contribution in [3.05, 3.63) is 59.7 Å². The minimum absolute atomic E-state index is 0.151. The predicted molar refractivity (Wildman–Crippen MR) is 111 cm³/mol. The number of nitrogens with one attached hydrogen (secondary N) is 1. The van der Waals surface area contributed by atoms with Gasteiger partial charge in [-0.15, -0.1) is 0 Å². The number of para-hydroxylation sites is 1. The molecule has 0 unspecified atom stereocenters. The van der Waals surface area contributed by atoms with Crippen LogP contribution in [0.1, 0.15) is 31.4 Å². The Labute approximate surface area is 166 Å². The number of rotatable bonds is 6. The van der Waals surface area contributed by atoms with Gasteiger partial charge in [-0.2, -0.15) is 0 Å². The molecule has 2 aromatic rings. The Morgan fingerprint density at radius 1 is 1.11 bits per heavy atom. The summed E-state index contributed by atoms with van der Waals surface area (Å²) in [5, 5.41) is 2.93. The number of amides is 2. The molecule has 0 saturated carbocycles. The van der Waals surface area contributed by atoms with Crippen LogP contribution in [-0.4, -0.2) is 32.0 Å². The van der Waals surface area contributed by atoms with Crippen LogP contribution in [0, 0.1) is 5.41 Å². The van der Waals surface area contributed by atoms with Gasteiger partial charge in [-0.3, -0.25) is 9.59 Å². The molecule has 148 valence electrons. The van der Waals surface area contributed by atoms with Crippen LogP contribution < -0.4 is 15.0 Å². The van der Waals surface area contributed by atoms with Crippen molar-refractivity contribution < 1.29 is 14.3 Å². The second-order valence-corrected chi connectivity index (χ2v) is 7.67. The molecule has 1 aliphatic heterocycles. The van der Waals surface area contributed by atoms with Gasteiger partial charge in [0.25, 0.3) is 0 Å². The summed E-state index contributed by atoms with van der Waals surface area (Å²) in [6.07, 6.45) is 2.58. The van der Waals surface area contributed by atoms with Crippen molar-refractivity contribution in [1.82, 2.24) is 5.32 Å². The van der Waals surface area contributed by atoms with Crippen molar-refractivity contribution in [3.8, 4) is 5.75 Å². The predicted octanol–water partition coefficient (Wildman–Crippen LogP) is 3.36. The van der Waals surface area contributed by atoms with Crippen molar-refractivity contribution in [2.24, 2.45) is 5.41 Å². The number of methoxy groups -OCH3 is 1. The molecular weight excluding hydrogens is 352 g/mol. The Balaban J connectivity index is 1.61. The maximum atomic E-state index is 13.2. The highest BCUT2D eigenvalue weighted by Gasteiger charge is 2.40. The fraction of sp³-hybridized carbons (Fsp3) is 0.391. The Hall–Kier alpha value is -2.82. The second kappa shape index (κ2) is 8.46. The molecule has 28 heavy (non-hydrogen) atoms. The van der Waals surface area contributed by atoms with E-state index in [1.807, 2.05) is 42.5 Å². The first-order valence-corrected chi connectivity index (χ1v) is 9.74. The Morgan fingerprint density at radius 3 is 2.54 bits per heavy atom. The van der Waals surface area contributed by atoms with Gasteiger partial charge < -0.3 is 15.0 Å². The molecular formula is C23H28N2O3. The SMILES string of the molecule is COc1ccc(CCNC(=O)C(C)(C)C(=O)N2CCCc3ccccc32)cc1. The fourth-order valence-electron chi connectivity index (χ4n) is 3.51. The van der Waals surface area contributed by atoms with E-state index in [2.05, 4.69) is 11.4 Å². The molecule has 5 heteroatoms. The van der Waals surface area contributed by atoms with Gasteiger partial charge in [-0.25, -0.2) is 0 Å². The molecule has 5 nitrogen and oxygen atoms in total. The maximum Gasteiger partial charge on any atom is 0.242 e. The van der Waals surface area contributed by atoms with Crippen LogP contribution in [0.2, 0.25) is 0 Å². The van der Waals surface area contributed by atoms with Crippen molar-refractivity contribution in [3.63, 3.8) is 0 Å². The van der Waals surface area contributed by atoms with E-state index in [9.17, 15) is 9.59 Å². The number of ether oxygens (including phenoxy) is 1. The summed E-state index contributed by atoms with van der Waals surface area (Å²) in [7, 11) is 1.63. The van der Waals surface area contributed by atoms with Gasteiger partial charge in [0.15, 0.2) is 0 Å². The highest BCUT2D eigenvalue weighted by Crippen LogP contribution is 2.31. The molecule has 0 aliphatic carbocycles. The molecule has 0 saturated heterocycles. The van der Waals surface area contributed by atoms with E-state index in [1.54, 1.807) is 25.9 Å². The molecule has 0 bridgehead atoms. The lowest BCUT2D eigenvalue weighted by Crippen LogP contribution is -2.51. The average molecular weight is 380 g/mol. The largest absolute Gasteiger partial charge is 0.497 e. The molecule has 0 spiro atoms. The van der Waals surface area contributed by atoms with E-state index >= 15 is 0 Å². The number of hydrogen-bond acceptors (Lipinski definition) is 3. The van der Waals surface area contributed by atoms with Gasteiger partial charge in [-0.05, 0) is 62.4 Å². The second-order valence-electron chi connectivity index (χ2n) is 7.67. The summed E-state index contributed by atoms with van der Waals surface area (Å²) in [6.45, 7) is 4.54. The minimum Gasteiger partial charge on any atom is -0.497 e. The quantitative estimate of drug-likeness (QED) is 0.782. The van der Waals surface area contributed by atoms with E-state index in [-0.39, 0.29) is 11.8 Å². The third-order valence-corrected chi connectivity index (χ3v) is 5.32. The molecule has 3 rings (SSSR count). The summed E-state index contributed by atoms with van der Waals surface area (Å²) in [4.78, 5) is 27.7. The van der Waals surface area contributed by atoms with Crippen molar-refractivity contribution >= 4 is 17.5 Å². The van der Waals surface area contributed by atoms with Crippen molar-refractivity contribution in [2.45, 2.75) is 33.1 Å². The van der Waals surface area contributed by atoms with Crippen LogP contribution in [-0.2, 0) is 22.4 Å². The average Bonchev–Trinajstić information content (AvgIpc) is 2.73. The smallest absolute Gasteiger partial charge is 0.242 e. The van der Waals surface area contributed by atoms with E-state index in [4.69, 9.17) is 4.74 Å². The van der Waals surface area contributed by atoms with Gasteiger partial charge in [0.05, 0.1) is 7.11 Å². The monoisotopic (exact) mass is 380 g/mol. The summed E-state index contributed by atoms with van der Waals surface area (Å²) >= 11 is 0. The Kier molecular flexibility index (Phi) is 6.02. The first-order chi connectivity index (χ1) is 13.4. The lowest BCUT2D eigenvalue weighted by molar-refractivity contribution is -0.139. The zero-order chi connectivity index (χ0) is 20.1. The van der Waals surface area contributed by atoms with Crippen LogP contribution in [0.4, 0.5) is 5.69 Å². The van der Waals surface area contributed by atoms with E-state index < -0.39 is 5.41 Å². The molecule has 0 fully saturated rings. The Bertz CT molecular complexity index is 843. The normalized spacial score (nSPS) is 13.6. The molecule has 2 amide bonds. The molecule has 0 aromatic heterocycles. The zero-order valence-corrected chi connectivity index (χ0v) is 16.8. The van der Waals surface area contributed by atoms with Crippen molar-refractivity contribution in [1.29, 1.82) is 0 Å². The lowest BCUT2D eigenvalue weighted by atomic mass is 9.88. The van der Waals surface area contributed by atoms with E-state index in [0.717, 1.165) is 35.4 Å². The van der Waals surface area contributed by atoms with E-state index in [0.29, 0.717) is 19.5 Å². The number of fused-ring (bicyclic) bond motifs is 1. The lowest BCUT2D eigenvalue weighted by Gasteiger charge is -2.35. The fourth-order valence-corrected chi connectivity index (χ4v) is 3.51. The minimum atomic E-state index is -1.12. The first-order valence-electron chi connectivity index (χ1n) is 9.74. The summed E-state index contributed by atoms with van der Waals surface area (Å²) in [5.74, 6) is 0.414. The first kappa shape index (κ1) is 19.9. The molecule has 0 atom stereocenters. The number of aryl methyl sites for hydroxylation is 1. The third-order valence-electron chi connectivity index (χ3n) is 5.32. The number of benzene rings is 2. The molecule has 1 N–H and O–H groups in total. The molecule has 2 aromatic carbocycles. The van der Waals surface area contributed by atoms with E-state index in [1.165, 1.54) is 0 Å². The van der Waals surface area contributed by atoms with Gasteiger partial charge in [0.2, 0.25) is 11.8 Å². The standard InChI is InChI=1S/C23H28N2O3/c1-23(2,21(26)24-15-14-17-10-12-19(28-3)13-11-17)22(27)25-16-6-8-18-7-4-5-9-20(18)25/h4-5,7,9-13H,6,8,14-16H2,1-3H3,(H,24,26). The third kappa shape index (κ3) is 4.19. The van der Waals surface area contributed by atoms with Gasteiger partial charge in [0.1, 0.15) is 11.2 Å². The number of carbonyl (C=O) groups excluding carboxylic acids is 2. The molecule has 1 heterocycles. The number of carbonyl (C=O) groups is 2. The number of nitrogens with zero attached hydrogens (tertiary/aromatic N) is 1. The van der Waals surface area contributed by atoms with Crippen LogP contribution in [0.5, 0.6) is 5.75 Å². The topological polar surface area (TPSA) is 58.6 Å². The van der Waals surface area contributed by atoms with Gasteiger partial charge in [-0.1, -0.05) is 30.3 Å². The highest BCUT2D eigenvalue weighted by molar-refractivity contribution is 6.11.